The molecule has 0 aromatic heterocycles. The minimum absolute atomic E-state index is 0.00823. The summed E-state index contributed by atoms with van der Waals surface area (Å²) < 4.78 is 11.3. The van der Waals surface area contributed by atoms with Crippen LogP contribution < -0.4 is 0 Å². The number of esters is 1. The Labute approximate surface area is 142 Å². The number of carbonyl (C=O) groups excluding carboxylic acids is 3. The van der Waals surface area contributed by atoms with E-state index >= 15 is 0 Å². The van der Waals surface area contributed by atoms with Crippen molar-refractivity contribution in [1.82, 2.24) is 0 Å². The van der Waals surface area contributed by atoms with Crippen molar-refractivity contribution in [3.63, 3.8) is 0 Å². The van der Waals surface area contributed by atoms with E-state index < -0.39 is 11.7 Å². The second-order valence-electron chi connectivity index (χ2n) is 7.57. The molecule has 0 aliphatic carbocycles. The number of carbonyl (C=O) groups is 3. The van der Waals surface area contributed by atoms with E-state index in [1.54, 1.807) is 0 Å². The zero-order valence-corrected chi connectivity index (χ0v) is 14.3. The van der Waals surface area contributed by atoms with Gasteiger partial charge in [0.25, 0.3) is 0 Å². The van der Waals surface area contributed by atoms with Crippen LogP contribution in [0, 0.1) is 5.92 Å². The fourth-order valence-electron chi connectivity index (χ4n) is 3.88. The summed E-state index contributed by atoms with van der Waals surface area (Å²) in [7, 11) is 0. The molecular formula is C19H24O5. The van der Waals surface area contributed by atoms with Crippen LogP contribution in [0.25, 0.3) is 0 Å². The number of hydrogen-bond donors (Lipinski definition) is 0. The first kappa shape index (κ1) is 17.1. The van der Waals surface area contributed by atoms with Gasteiger partial charge in [0.15, 0.2) is 5.78 Å². The highest BCUT2D eigenvalue weighted by Gasteiger charge is 2.45. The number of allylic oxidation sites excluding steroid dienone is 1. The Bertz CT molecular complexity index is 632. The van der Waals surface area contributed by atoms with Crippen LogP contribution in [0.4, 0.5) is 0 Å². The fourth-order valence-corrected chi connectivity index (χ4v) is 3.88. The first-order valence-corrected chi connectivity index (χ1v) is 8.55. The molecule has 0 spiro atoms. The summed E-state index contributed by atoms with van der Waals surface area (Å²) in [5.41, 5.74) is 0.897. The molecule has 3 aliphatic rings. The van der Waals surface area contributed by atoms with Crippen molar-refractivity contribution in [2.24, 2.45) is 5.92 Å². The summed E-state index contributed by atoms with van der Waals surface area (Å²) in [6.45, 7) is 7.72. The molecule has 5 nitrogen and oxygen atoms in total. The summed E-state index contributed by atoms with van der Waals surface area (Å²) in [4.78, 5) is 36.7. The number of rotatable bonds is 1. The van der Waals surface area contributed by atoms with Crippen LogP contribution in [-0.2, 0) is 23.9 Å². The maximum Gasteiger partial charge on any atom is 0.334 e. The number of hydrogen-bond acceptors (Lipinski definition) is 5. The largest absolute Gasteiger partial charge is 0.455 e. The summed E-state index contributed by atoms with van der Waals surface area (Å²) in [6.07, 6.45) is 3.26. The van der Waals surface area contributed by atoms with E-state index in [1.165, 1.54) is 0 Å². The molecule has 0 radical (unpaired) electrons. The molecule has 0 aromatic rings. The van der Waals surface area contributed by atoms with Gasteiger partial charge in [0.2, 0.25) is 0 Å². The average Bonchev–Trinajstić information content (AvgIpc) is 2.93. The first-order chi connectivity index (χ1) is 11.3. The van der Waals surface area contributed by atoms with Gasteiger partial charge in [-0.15, -0.1) is 0 Å². The average molecular weight is 332 g/mol. The molecule has 0 saturated carbocycles. The van der Waals surface area contributed by atoms with Crippen LogP contribution in [0.1, 0.15) is 52.4 Å². The topological polar surface area (TPSA) is 69.7 Å². The Kier molecular flexibility index (Phi) is 4.47. The maximum absolute atomic E-state index is 12.4. The second kappa shape index (κ2) is 6.28. The molecule has 24 heavy (non-hydrogen) atoms. The predicted molar refractivity (Wildman–Crippen MR) is 87.3 cm³/mol. The van der Waals surface area contributed by atoms with E-state index in [1.807, 2.05) is 19.9 Å². The molecule has 3 aliphatic heterocycles. The van der Waals surface area contributed by atoms with Gasteiger partial charge in [-0.2, -0.15) is 0 Å². The Balaban J connectivity index is 1.87. The summed E-state index contributed by atoms with van der Waals surface area (Å²) >= 11 is 0. The Hall–Kier alpha value is -1.75. The lowest BCUT2D eigenvalue weighted by Gasteiger charge is -2.26. The third-order valence-electron chi connectivity index (χ3n) is 5.22. The maximum atomic E-state index is 12.4. The normalized spacial score (nSPS) is 37.2. The van der Waals surface area contributed by atoms with Crippen molar-refractivity contribution in [2.75, 3.05) is 0 Å². The van der Waals surface area contributed by atoms with Crippen molar-refractivity contribution in [2.45, 2.75) is 70.2 Å². The third-order valence-corrected chi connectivity index (χ3v) is 5.22. The molecule has 130 valence electrons. The van der Waals surface area contributed by atoms with Gasteiger partial charge in [-0.1, -0.05) is 12.2 Å². The van der Waals surface area contributed by atoms with Gasteiger partial charge in [0.1, 0.15) is 18.0 Å². The predicted octanol–water partition coefficient (Wildman–Crippen LogP) is 2.68. The van der Waals surface area contributed by atoms with E-state index in [2.05, 4.69) is 6.58 Å². The first-order valence-electron chi connectivity index (χ1n) is 8.55. The highest BCUT2D eigenvalue weighted by atomic mass is 16.6. The van der Waals surface area contributed by atoms with Crippen LogP contribution in [0.3, 0.4) is 0 Å². The van der Waals surface area contributed by atoms with Gasteiger partial charge >= 0.3 is 5.97 Å². The van der Waals surface area contributed by atoms with Crippen LogP contribution in [0.5, 0.6) is 0 Å². The molecule has 4 atom stereocenters. The zero-order chi connectivity index (χ0) is 17.5. The zero-order valence-electron chi connectivity index (χ0n) is 14.3. The fraction of sp³-hybridized carbons (Fsp3) is 0.632. The van der Waals surface area contributed by atoms with Crippen molar-refractivity contribution in [3.05, 3.63) is 23.8 Å². The molecule has 5 heteroatoms. The molecular weight excluding hydrogens is 308 g/mol. The Morgan fingerprint density at radius 3 is 2.75 bits per heavy atom. The van der Waals surface area contributed by atoms with Gasteiger partial charge in [0, 0.05) is 31.3 Å². The highest BCUT2D eigenvalue weighted by Crippen LogP contribution is 2.37. The Morgan fingerprint density at radius 2 is 2.04 bits per heavy atom. The van der Waals surface area contributed by atoms with Crippen molar-refractivity contribution >= 4 is 17.5 Å². The van der Waals surface area contributed by atoms with Crippen LogP contribution in [0.15, 0.2) is 23.8 Å². The number of ether oxygens (including phenoxy) is 2. The van der Waals surface area contributed by atoms with Gasteiger partial charge in [-0.3, -0.25) is 9.59 Å². The monoisotopic (exact) mass is 332 g/mol. The molecule has 0 amide bonds. The van der Waals surface area contributed by atoms with Crippen molar-refractivity contribution in [3.8, 4) is 0 Å². The number of ketones is 2. The number of Topliss-reactive ketones (excluding diaryl/α,β-unsaturated/α-hetero) is 2. The van der Waals surface area contributed by atoms with Gasteiger partial charge in [-0.05, 0) is 38.7 Å². The lowest BCUT2D eigenvalue weighted by atomic mass is 9.87. The van der Waals surface area contributed by atoms with Crippen LogP contribution in [-0.4, -0.2) is 35.3 Å². The minimum Gasteiger partial charge on any atom is -0.455 e. The van der Waals surface area contributed by atoms with Crippen LogP contribution in [0.2, 0.25) is 0 Å². The SMILES string of the molecule is C=C(C)[C@H]1CCC2=C[C@@H](C[C@]3(C)CC(=O)[C@H](CC(=O)C1)O3)OC2=O. The Morgan fingerprint density at radius 1 is 1.29 bits per heavy atom. The second-order valence-corrected chi connectivity index (χ2v) is 7.57. The van der Waals surface area contributed by atoms with E-state index in [-0.39, 0.29) is 42.4 Å². The van der Waals surface area contributed by atoms with Gasteiger partial charge < -0.3 is 9.47 Å². The quantitative estimate of drug-likeness (QED) is 0.545. The van der Waals surface area contributed by atoms with Gasteiger partial charge in [-0.25, -0.2) is 4.79 Å². The van der Waals surface area contributed by atoms with Gasteiger partial charge in [0.05, 0.1) is 5.60 Å². The molecule has 1 fully saturated rings. The lowest BCUT2D eigenvalue weighted by molar-refractivity contribution is -0.143. The highest BCUT2D eigenvalue weighted by molar-refractivity contribution is 5.92. The third kappa shape index (κ3) is 3.51. The van der Waals surface area contributed by atoms with E-state index in [0.29, 0.717) is 31.3 Å². The smallest absolute Gasteiger partial charge is 0.334 e. The summed E-state index contributed by atoms with van der Waals surface area (Å²) in [5, 5.41) is 0. The summed E-state index contributed by atoms with van der Waals surface area (Å²) in [6, 6.07) is 0. The van der Waals surface area contributed by atoms with Crippen molar-refractivity contribution < 1.29 is 23.9 Å². The van der Waals surface area contributed by atoms with Crippen LogP contribution >= 0.6 is 0 Å². The molecule has 3 rings (SSSR count). The molecule has 3 heterocycles. The standard InChI is InChI=1S/C19H24O5/c1-11(2)12-4-5-13-7-15(23-18(13)22)9-19(3)10-16(21)17(24-19)8-14(20)6-12/h7,12,15,17H,1,4-6,8-10H2,2-3H3/t12-,15-,17-,19+/m0/s1. The van der Waals surface area contributed by atoms with Crippen molar-refractivity contribution in [1.29, 1.82) is 0 Å². The molecule has 1 saturated heterocycles. The van der Waals surface area contributed by atoms with E-state index in [9.17, 15) is 14.4 Å². The summed E-state index contributed by atoms with van der Waals surface area (Å²) in [5.74, 6) is -0.308. The molecule has 4 bridgehead atoms. The lowest BCUT2D eigenvalue weighted by Crippen LogP contribution is -2.31. The molecule has 0 unspecified atom stereocenters. The van der Waals surface area contributed by atoms with E-state index in [0.717, 1.165) is 5.57 Å². The molecule has 0 N–H and O–H groups in total. The minimum atomic E-state index is -0.680. The van der Waals surface area contributed by atoms with E-state index in [4.69, 9.17) is 9.47 Å². The molecule has 0 aromatic carbocycles. The number of fused-ring (bicyclic) bond motifs is 3.